The van der Waals surface area contributed by atoms with Gasteiger partial charge in [-0.2, -0.15) is 0 Å². The monoisotopic (exact) mass is 223 g/mol. The van der Waals surface area contributed by atoms with Crippen molar-refractivity contribution in [3.63, 3.8) is 0 Å². The highest BCUT2D eigenvalue weighted by Crippen LogP contribution is 2.41. The molecule has 16 heavy (non-hydrogen) atoms. The Bertz CT molecular complexity index is 425. The second-order valence-corrected chi connectivity index (χ2v) is 4.33. The number of nitrogen functional groups attached to an aromatic ring is 1. The highest BCUT2D eigenvalue weighted by atomic mass is 19.1. The molecule has 1 fully saturated rings. The molecule has 1 aromatic rings. The number of nitrogens with two attached hydrogens (primary N) is 1. The van der Waals surface area contributed by atoms with E-state index in [2.05, 4.69) is 0 Å². The zero-order chi connectivity index (χ0) is 11.8. The Morgan fingerprint density at radius 3 is 2.50 bits per heavy atom. The van der Waals surface area contributed by atoms with Crippen LogP contribution in [0.25, 0.3) is 0 Å². The van der Waals surface area contributed by atoms with E-state index >= 15 is 0 Å². The van der Waals surface area contributed by atoms with Crippen molar-refractivity contribution >= 4 is 11.7 Å². The molecule has 2 rings (SSSR count). The number of aliphatic carboxylic acids is 1. The van der Waals surface area contributed by atoms with Crippen LogP contribution in [0.1, 0.15) is 31.2 Å². The molecule has 4 heteroatoms. The summed E-state index contributed by atoms with van der Waals surface area (Å²) in [5.74, 6) is -1.40. The van der Waals surface area contributed by atoms with Crippen LogP contribution in [-0.4, -0.2) is 11.1 Å². The largest absolute Gasteiger partial charge is 0.481 e. The molecule has 0 atom stereocenters. The Hall–Kier alpha value is -1.58. The molecule has 1 aliphatic carbocycles. The van der Waals surface area contributed by atoms with E-state index in [1.165, 1.54) is 12.1 Å². The van der Waals surface area contributed by atoms with Crippen LogP contribution in [0.2, 0.25) is 0 Å². The van der Waals surface area contributed by atoms with Crippen LogP contribution in [0.4, 0.5) is 10.1 Å². The Morgan fingerprint density at radius 1 is 1.38 bits per heavy atom. The predicted octanol–water partition coefficient (Wildman–Crippen LogP) is 2.30. The number of hydrogen-bond donors (Lipinski definition) is 2. The summed E-state index contributed by atoms with van der Waals surface area (Å²) in [4.78, 5) is 11.4. The first-order chi connectivity index (χ1) is 7.56. The number of halogens is 1. The highest BCUT2D eigenvalue weighted by Gasteiger charge is 2.43. The Labute approximate surface area is 93.1 Å². The van der Waals surface area contributed by atoms with E-state index in [9.17, 15) is 14.3 Å². The van der Waals surface area contributed by atoms with Crippen LogP contribution in [0.15, 0.2) is 18.2 Å². The van der Waals surface area contributed by atoms with E-state index in [4.69, 9.17) is 5.73 Å². The fourth-order valence-corrected chi connectivity index (χ4v) is 2.43. The first-order valence-corrected chi connectivity index (χ1v) is 5.35. The molecule has 0 unspecified atom stereocenters. The van der Waals surface area contributed by atoms with Crippen LogP contribution in [0.5, 0.6) is 0 Å². The zero-order valence-electron chi connectivity index (χ0n) is 8.87. The minimum absolute atomic E-state index is 0.0577. The number of anilines is 1. The van der Waals surface area contributed by atoms with E-state index in [1.54, 1.807) is 6.07 Å². The molecule has 1 saturated carbocycles. The Morgan fingerprint density at radius 2 is 2.00 bits per heavy atom. The van der Waals surface area contributed by atoms with Crippen molar-refractivity contribution < 1.29 is 14.3 Å². The normalized spacial score (nSPS) is 18.6. The van der Waals surface area contributed by atoms with Crippen molar-refractivity contribution in [2.24, 2.45) is 0 Å². The fourth-order valence-electron chi connectivity index (χ4n) is 2.43. The van der Waals surface area contributed by atoms with Crippen molar-refractivity contribution in [1.29, 1.82) is 0 Å². The minimum Gasteiger partial charge on any atom is -0.481 e. The molecule has 1 aliphatic rings. The first kappa shape index (κ1) is 10.9. The third-order valence-electron chi connectivity index (χ3n) is 3.42. The zero-order valence-corrected chi connectivity index (χ0v) is 8.87. The third-order valence-corrected chi connectivity index (χ3v) is 3.42. The number of rotatable bonds is 2. The molecule has 0 heterocycles. The molecular weight excluding hydrogens is 209 g/mol. The lowest BCUT2D eigenvalue weighted by molar-refractivity contribution is -0.143. The van der Waals surface area contributed by atoms with Crippen molar-refractivity contribution in [2.75, 3.05) is 5.73 Å². The molecule has 86 valence electrons. The number of benzene rings is 1. The van der Waals surface area contributed by atoms with Crippen LogP contribution in [0.3, 0.4) is 0 Å². The Kier molecular flexibility index (Phi) is 2.58. The van der Waals surface area contributed by atoms with Gasteiger partial charge in [0.15, 0.2) is 0 Å². The molecule has 0 spiro atoms. The summed E-state index contributed by atoms with van der Waals surface area (Å²) in [7, 11) is 0. The smallest absolute Gasteiger partial charge is 0.314 e. The summed E-state index contributed by atoms with van der Waals surface area (Å²) in [6.45, 7) is 0. The lowest BCUT2D eigenvalue weighted by atomic mass is 9.79. The van der Waals surface area contributed by atoms with Crippen molar-refractivity contribution in [1.82, 2.24) is 0 Å². The van der Waals surface area contributed by atoms with E-state index < -0.39 is 17.2 Å². The third kappa shape index (κ3) is 1.54. The van der Waals surface area contributed by atoms with Gasteiger partial charge in [0.1, 0.15) is 5.82 Å². The van der Waals surface area contributed by atoms with Crippen LogP contribution < -0.4 is 5.73 Å². The van der Waals surface area contributed by atoms with Gasteiger partial charge in [0, 0.05) is 0 Å². The SMILES string of the molecule is Nc1ccc(C2(C(=O)O)CCCC2)cc1F. The van der Waals surface area contributed by atoms with Gasteiger partial charge in [-0.1, -0.05) is 18.9 Å². The molecule has 0 bridgehead atoms. The lowest BCUT2D eigenvalue weighted by Crippen LogP contribution is -2.32. The Balaban J connectivity index is 2.47. The van der Waals surface area contributed by atoms with Crippen LogP contribution >= 0.6 is 0 Å². The second kappa shape index (κ2) is 3.77. The van der Waals surface area contributed by atoms with Crippen LogP contribution in [-0.2, 0) is 10.2 Å². The van der Waals surface area contributed by atoms with E-state index in [-0.39, 0.29) is 5.69 Å². The van der Waals surface area contributed by atoms with Crippen molar-refractivity contribution in [2.45, 2.75) is 31.1 Å². The van der Waals surface area contributed by atoms with Gasteiger partial charge in [0.2, 0.25) is 0 Å². The summed E-state index contributed by atoms with van der Waals surface area (Å²) in [6, 6.07) is 4.32. The van der Waals surface area contributed by atoms with Gasteiger partial charge < -0.3 is 10.8 Å². The topological polar surface area (TPSA) is 63.3 Å². The number of hydrogen-bond acceptors (Lipinski definition) is 2. The average Bonchev–Trinajstić information content (AvgIpc) is 2.72. The van der Waals surface area contributed by atoms with E-state index in [0.29, 0.717) is 18.4 Å². The van der Waals surface area contributed by atoms with Gasteiger partial charge in [-0.05, 0) is 30.5 Å². The number of carboxylic acid groups (broad SMARTS) is 1. The minimum atomic E-state index is -0.908. The van der Waals surface area contributed by atoms with Gasteiger partial charge in [-0.3, -0.25) is 4.79 Å². The molecule has 0 saturated heterocycles. The lowest BCUT2D eigenvalue weighted by Gasteiger charge is -2.24. The summed E-state index contributed by atoms with van der Waals surface area (Å²) >= 11 is 0. The molecule has 0 aromatic heterocycles. The first-order valence-electron chi connectivity index (χ1n) is 5.35. The summed E-state index contributed by atoms with van der Waals surface area (Å²) in [5, 5.41) is 9.32. The van der Waals surface area contributed by atoms with Gasteiger partial charge in [0.05, 0.1) is 11.1 Å². The molecule has 3 N–H and O–H groups in total. The van der Waals surface area contributed by atoms with Gasteiger partial charge in [-0.25, -0.2) is 4.39 Å². The summed E-state index contributed by atoms with van der Waals surface area (Å²) in [5.41, 5.74) is 5.07. The maximum atomic E-state index is 13.3. The van der Waals surface area contributed by atoms with E-state index in [0.717, 1.165) is 12.8 Å². The maximum Gasteiger partial charge on any atom is 0.314 e. The second-order valence-electron chi connectivity index (χ2n) is 4.33. The quantitative estimate of drug-likeness (QED) is 0.756. The fraction of sp³-hybridized carbons (Fsp3) is 0.417. The molecule has 0 amide bonds. The summed E-state index contributed by atoms with van der Waals surface area (Å²) < 4.78 is 13.3. The molecule has 1 aromatic carbocycles. The molecule has 0 radical (unpaired) electrons. The van der Waals surface area contributed by atoms with Crippen molar-refractivity contribution in [3.05, 3.63) is 29.6 Å². The van der Waals surface area contributed by atoms with Gasteiger partial charge in [0.25, 0.3) is 0 Å². The molecule has 3 nitrogen and oxygen atoms in total. The van der Waals surface area contributed by atoms with Crippen LogP contribution in [0, 0.1) is 5.82 Å². The summed E-state index contributed by atoms with van der Waals surface area (Å²) in [6.07, 6.45) is 2.90. The van der Waals surface area contributed by atoms with Gasteiger partial charge in [-0.15, -0.1) is 0 Å². The standard InChI is InChI=1S/C12H14FNO2/c13-9-7-8(3-4-10(9)14)12(11(15)16)5-1-2-6-12/h3-4,7H,1-2,5-6,14H2,(H,15,16). The maximum absolute atomic E-state index is 13.3. The predicted molar refractivity (Wildman–Crippen MR) is 58.6 cm³/mol. The van der Waals surface area contributed by atoms with E-state index in [1.807, 2.05) is 0 Å². The molecule has 0 aliphatic heterocycles. The number of carbonyl (C=O) groups is 1. The van der Waals surface area contributed by atoms with Gasteiger partial charge >= 0.3 is 5.97 Å². The average molecular weight is 223 g/mol. The molecular formula is C12H14FNO2. The number of carboxylic acids is 1. The highest BCUT2D eigenvalue weighted by molar-refractivity contribution is 5.82. The van der Waals surface area contributed by atoms with Crippen molar-refractivity contribution in [3.8, 4) is 0 Å².